The van der Waals surface area contributed by atoms with Gasteiger partial charge in [0.25, 0.3) is 0 Å². The van der Waals surface area contributed by atoms with Crippen LogP contribution in [0.15, 0.2) is 24.3 Å². The molecule has 0 spiro atoms. The number of halogens is 4. The quantitative estimate of drug-likeness (QED) is 0.782. The molecule has 0 amide bonds. The summed E-state index contributed by atoms with van der Waals surface area (Å²) in [6.07, 6.45) is -4.26. The van der Waals surface area contributed by atoms with Crippen molar-refractivity contribution in [2.45, 2.75) is 6.18 Å². The van der Waals surface area contributed by atoms with Gasteiger partial charge in [-0.15, -0.1) is 0 Å². The number of anilines is 1. The second kappa shape index (κ2) is 5.14. The number of benzene rings is 1. The molecule has 1 unspecified atom stereocenters. The third-order valence-corrected chi connectivity index (χ3v) is 3.05. The second-order valence-electron chi connectivity index (χ2n) is 4.34. The predicted octanol–water partition coefficient (Wildman–Crippen LogP) is 2.41. The van der Waals surface area contributed by atoms with Gasteiger partial charge in [-0.1, -0.05) is 12.1 Å². The van der Waals surface area contributed by atoms with Gasteiger partial charge < -0.3 is 10.2 Å². The van der Waals surface area contributed by atoms with Gasteiger partial charge in [0.1, 0.15) is 5.82 Å². The summed E-state index contributed by atoms with van der Waals surface area (Å²) in [4.78, 5) is 1.45. The van der Waals surface area contributed by atoms with Crippen LogP contribution < -0.4 is 10.2 Å². The number of nitrogens with one attached hydrogen (secondary N) is 1. The van der Waals surface area contributed by atoms with Gasteiger partial charge in [-0.3, -0.25) is 0 Å². The van der Waals surface area contributed by atoms with Crippen LogP contribution in [0.1, 0.15) is 0 Å². The highest BCUT2D eigenvalue weighted by Crippen LogP contribution is 2.29. The van der Waals surface area contributed by atoms with Crippen LogP contribution in [-0.4, -0.2) is 32.4 Å². The number of para-hydroxylation sites is 1. The molecule has 1 saturated heterocycles. The van der Waals surface area contributed by atoms with Crippen molar-refractivity contribution in [3.8, 4) is 0 Å². The predicted molar refractivity (Wildman–Crippen MR) is 61.0 cm³/mol. The van der Waals surface area contributed by atoms with Gasteiger partial charge in [-0.25, -0.2) is 4.39 Å². The van der Waals surface area contributed by atoms with Crippen molar-refractivity contribution in [3.05, 3.63) is 30.1 Å². The standard InChI is InChI=1S/C12H14F4N2/c13-10-3-1-2-4-11(10)18-6-5-17-7-9(8-18)12(14,15)16/h1-4,9,17H,5-8H2. The maximum Gasteiger partial charge on any atom is 0.394 e. The zero-order valence-electron chi connectivity index (χ0n) is 9.67. The van der Waals surface area contributed by atoms with E-state index >= 15 is 0 Å². The molecule has 0 aromatic heterocycles. The molecule has 1 aliphatic rings. The summed E-state index contributed by atoms with van der Waals surface area (Å²) >= 11 is 0. The monoisotopic (exact) mass is 262 g/mol. The normalized spacial score (nSPS) is 21.8. The van der Waals surface area contributed by atoms with E-state index in [0.29, 0.717) is 13.1 Å². The van der Waals surface area contributed by atoms with E-state index in [2.05, 4.69) is 5.32 Å². The first-order valence-corrected chi connectivity index (χ1v) is 5.75. The molecular formula is C12H14F4N2. The van der Waals surface area contributed by atoms with E-state index in [9.17, 15) is 17.6 Å². The molecule has 0 radical (unpaired) electrons. The lowest BCUT2D eigenvalue weighted by molar-refractivity contribution is -0.169. The first-order chi connectivity index (χ1) is 8.48. The third kappa shape index (κ3) is 2.93. The number of hydrogen-bond acceptors (Lipinski definition) is 2. The molecule has 18 heavy (non-hydrogen) atoms. The molecule has 2 nitrogen and oxygen atoms in total. The molecule has 0 saturated carbocycles. The Kier molecular flexibility index (Phi) is 3.75. The molecule has 1 aromatic rings. The molecule has 1 N–H and O–H groups in total. The Balaban J connectivity index is 2.20. The van der Waals surface area contributed by atoms with E-state index in [-0.39, 0.29) is 18.8 Å². The van der Waals surface area contributed by atoms with Gasteiger partial charge in [0.2, 0.25) is 0 Å². The van der Waals surface area contributed by atoms with Crippen molar-refractivity contribution in [2.24, 2.45) is 5.92 Å². The van der Waals surface area contributed by atoms with Crippen LogP contribution in [0, 0.1) is 11.7 Å². The van der Waals surface area contributed by atoms with E-state index in [1.165, 1.54) is 23.1 Å². The minimum absolute atomic E-state index is 0.117. The highest BCUT2D eigenvalue weighted by Gasteiger charge is 2.41. The average Bonchev–Trinajstić information content (AvgIpc) is 2.54. The number of rotatable bonds is 1. The zero-order chi connectivity index (χ0) is 13.2. The fourth-order valence-corrected chi connectivity index (χ4v) is 2.06. The maximum absolute atomic E-state index is 13.6. The van der Waals surface area contributed by atoms with Gasteiger partial charge in [0, 0.05) is 26.2 Å². The second-order valence-corrected chi connectivity index (χ2v) is 4.34. The maximum atomic E-state index is 13.6. The molecule has 1 aliphatic heterocycles. The summed E-state index contributed by atoms with van der Waals surface area (Å²) in [5.41, 5.74) is 0.232. The van der Waals surface area contributed by atoms with E-state index in [4.69, 9.17) is 0 Å². The van der Waals surface area contributed by atoms with Gasteiger partial charge in [-0.2, -0.15) is 13.2 Å². The Morgan fingerprint density at radius 3 is 2.61 bits per heavy atom. The lowest BCUT2D eigenvalue weighted by Gasteiger charge is -2.27. The van der Waals surface area contributed by atoms with Crippen LogP contribution in [0.25, 0.3) is 0 Å². The fourth-order valence-electron chi connectivity index (χ4n) is 2.06. The van der Waals surface area contributed by atoms with Crippen LogP contribution in [0.4, 0.5) is 23.2 Å². The van der Waals surface area contributed by atoms with E-state index in [1.807, 2.05) is 0 Å². The molecule has 100 valence electrons. The largest absolute Gasteiger partial charge is 0.394 e. The van der Waals surface area contributed by atoms with Crippen LogP contribution in [0.5, 0.6) is 0 Å². The Labute approximate surface area is 103 Å². The van der Waals surface area contributed by atoms with Crippen molar-refractivity contribution in [1.29, 1.82) is 0 Å². The van der Waals surface area contributed by atoms with Crippen molar-refractivity contribution in [1.82, 2.24) is 5.32 Å². The smallest absolute Gasteiger partial charge is 0.367 e. The van der Waals surface area contributed by atoms with Crippen molar-refractivity contribution in [2.75, 3.05) is 31.1 Å². The molecule has 1 atom stereocenters. The van der Waals surface area contributed by atoms with Gasteiger partial charge in [-0.05, 0) is 12.1 Å². The average molecular weight is 262 g/mol. The van der Waals surface area contributed by atoms with E-state index in [1.54, 1.807) is 6.07 Å². The summed E-state index contributed by atoms with van der Waals surface area (Å²) < 4.78 is 51.8. The molecular weight excluding hydrogens is 248 g/mol. The van der Waals surface area contributed by atoms with E-state index in [0.717, 1.165) is 0 Å². The Bertz CT molecular complexity index is 405. The minimum Gasteiger partial charge on any atom is -0.367 e. The van der Waals surface area contributed by atoms with Crippen LogP contribution in [0.2, 0.25) is 0 Å². The fraction of sp³-hybridized carbons (Fsp3) is 0.500. The summed E-state index contributed by atoms with van der Waals surface area (Å²) in [7, 11) is 0. The Morgan fingerprint density at radius 1 is 1.22 bits per heavy atom. The lowest BCUT2D eigenvalue weighted by Crippen LogP contribution is -2.38. The molecule has 1 aromatic carbocycles. The first-order valence-electron chi connectivity index (χ1n) is 5.75. The number of alkyl halides is 3. The molecule has 0 aliphatic carbocycles. The summed E-state index contributed by atoms with van der Waals surface area (Å²) in [6, 6.07) is 5.92. The minimum atomic E-state index is -4.26. The molecule has 0 bridgehead atoms. The molecule has 6 heteroatoms. The topological polar surface area (TPSA) is 15.3 Å². The highest BCUT2D eigenvalue weighted by molar-refractivity contribution is 5.47. The summed E-state index contributed by atoms with van der Waals surface area (Å²) in [6.45, 7) is 0.459. The third-order valence-electron chi connectivity index (χ3n) is 3.05. The van der Waals surface area contributed by atoms with Crippen molar-refractivity contribution < 1.29 is 17.6 Å². The van der Waals surface area contributed by atoms with Gasteiger partial charge >= 0.3 is 6.18 Å². The SMILES string of the molecule is Fc1ccccc1N1CCNCC(C(F)(F)F)C1. The van der Waals surface area contributed by atoms with Crippen LogP contribution >= 0.6 is 0 Å². The van der Waals surface area contributed by atoms with Crippen LogP contribution in [-0.2, 0) is 0 Å². The Hall–Kier alpha value is -1.30. The summed E-state index contributed by atoms with van der Waals surface area (Å²) in [5.74, 6) is -1.96. The lowest BCUT2D eigenvalue weighted by atomic mass is 10.1. The molecule has 1 heterocycles. The number of nitrogens with zero attached hydrogens (tertiary/aromatic N) is 1. The van der Waals surface area contributed by atoms with E-state index < -0.39 is 17.9 Å². The molecule has 2 rings (SSSR count). The highest BCUT2D eigenvalue weighted by atomic mass is 19.4. The van der Waals surface area contributed by atoms with Crippen molar-refractivity contribution in [3.63, 3.8) is 0 Å². The zero-order valence-corrected chi connectivity index (χ0v) is 9.67. The summed E-state index contributed by atoms with van der Waals surface area (Å²) in [5, 5.41) is 2.74. The Morgan fingerprint density at radius 2 is 1.94 bits per heavy atom. The number of hydrogen-bond donors (Lipinski definition) is 1. The van der Waals surface area contributed by atoms with Gasteiger partial charge in [0.05, 0.1) is 11.6 Å². The first kappa shape index (κ1) is 13.1. The van der Waals surface area contributed by atoms with Crippen molar-refractivity contribution >= 4 is 5.69 Å². The van der Waals surface area contributed by atoms with Crippen LogP contribution in [0.3, 0.4) is 0 Å². The molecule has 1 fully saturated rings. The van der Waals surface area contributed by atoms with Gasteiger partial charge in [0.15, 0.2) is 0 Å².